The molecule has 2 aromatic carbocycles. The van der Waals surface area contributed by atoms with Gasteiger partial charge in [-0.05, 0) is 68.4 Å². The van der Waals surface area contributed by atoms with Gasteiger partial charge >= 0.3 is 0 Å². The number of carbonyl (C=O) groups is 1. The topological polar surface area (TPSA) is 41.6 Å². The Kier molecular flexibility index (Phi) is 6.02. The van der Waals surface area contributed by atoms with Crippen molar-refractivity contribution in [2.24, 2.45) is 0 Å². The summed E-state index contributed by atoms with van der Waals surface area (Å²) in [5, 5.41) is 3.04. The lowest BCUT2D eigenvalue weighted by Gasteiger charge is -2.39. The molecule has 0 aliphatic carbocycles. The minimum absolute atomic E-state index is 0.0154. The van der Waals surface area contributed by atoms with Gasteiger partial charge in [-0.1, -0.05) is 36.4 Å². The number of nitrogens with zero attached hydrogens (tertiary/aromatic N) is 1. The number of aryl methyl sites for hydroxylation is 2. The zero-order chi connectivity index (χ0) is 20.3. The summed E-state index contributed by atoms with van der Waals surface area (Å²) >= 11 is 0. The molecule has 1 unspecified atom stereocenters. The van der Waals surface area contributed by atoms with Gasteiger partial charge in [-0.25, -0.2) is 0 Å². The smallest absolute Gasteiger partial charge is 0.251 e. The number of piperidine rings is 1. The lowest BCUT2D eigenvalue weighted by atomic mass is 9.88. The van der Waals surface area contributed by atoms with Crippen LogP contribution in [0.15, 0.2) is 48.5 Å². The Labute approximate surface area is 174 Å². The summed E-state index contributed by atoms with van der Waals surface area (Å²) in [6.07, 6.45) is 4.44. The van der Waals surface area contributed by atoms with Gasteiger partial charge in [0.05, 0.1) is 11.7 Å². The molecule has 0 bridgehead atoms. The lowest BCUT2D eigenvalue weighted by molar-refractivity contribution is -0.0764. The maximum Gasteiger partial charge on any atom is 0.251 e. The van der Waals surface area contributed by atoms with E-state index < -0.39 is 0 Å². The van der Waals surface area contributed by atoms with E-state index >= 15 is 0 Å². The van der Waals surface area contributed by atoms with Gasteiger partial charge in [0.1, 0.15) is 0 Å². The van der Waals surface area contributed by atoms with E-state index in [1.165, 1.54) is 16.7 Å². The minimum atomic E-state index is -0.0154. The first-order valence-corrected chi connectivity index (χ1v) is 10.8. The average Bonchev–Trinajstić information content (AvgIpc) is 3.14. The van der Waals surface area contributed by atoms with E-state index in [4.69, 9.17) is 4.74 Å². The highest BCUT2D eigenvalue weighted by atomic mass is 16.5. The lowest BCUT2D eigenvalue weighted by Crippen LogP contribution is -2.44. The summed E-state index contributed by atoms with van der Waals surface area (Å²) in [6, 6.07) is 16.2. The number of amides is 1. The fourth-order valence-electron chi connectivity index (χ4n) is 4.58. The van der Waals surface area contributed by atoms with E-state index in [9.17, 15) is 4.79 Å². The first-order valence-electron chi connectivity index (χ1n) is 10.8. The summed E-state index contributed by atoms with van der Waals surface area (Å²) in [5.74, 6) is -0.0154. The Hall–Kier alpha value is -2.17. The standard InChI is InChI=1S/C25H32N2O2/c1-19-8-9-21(16-20(19)2)18-27-14-12-25(13-15-27)11-10-23(29-25)17-26-24(28)22-6-4-3-5-7-22/h3-9,16,23H,10-15,17-18H2,1-2H3,(H,26,28). The summed E-state index contributed by atoms with van der Waals surface area (Å²) in [5.41, 5.74) is 4.85. The van der Waals surface area contributed by atoms with Crippen LogP contribution in [0.2, 0.25) is 0 Å². The molecule has 0 saturated carbocycles. The second kappa shape index (κ2) is 8.68. The van der Waals surface area contributed by atoms with E-state index in [2.05, 4.69) is 42.3 Å². The maximum atomic E-state index is 12.3. The minimum Gasteiger partial charge on any atom is -0.370 e. The van der Waals surface area contributed by atoms with Crippen molar-refractivity contribution in [2.75, 3.05) is 19.6 Å². The molecule has 2 aromatic rings. The molecule has 4 nitrogen and oxygen atoms in total. The molecular formula is C25H32N2O2. The monoisotopic (exact) mass is 392 g/mol. The van der Waals surface area contributed by atoms with Crippen molar-refractivity contribution in [3.05, 3.63) is 70.8 Å². The Balaban J connectivity index is 1.24. The maximum absolute atomic E-state index is 12.3. The SMILES string of the molecule is Cc1ccc(CN2CCC3(CCC(CNC(=O)c4ccccc4)O3)CC2)cc1C. The number of rotatable bonds is 5. The van der Waals surface area contributed by atoms with E-state index in [1.807, 2.05) is 30.3 Å². The Morgan fingerprint density at radius 1 is 1.07 bits per heavy atom. The molecule has 154 valence electrons. The van der Waals surface area contributed by atoms with Gasteiger partial charge in [-0.15, -0.1) is 0 Å². The fourth-order valence-corrected chi connectivity index (χ4v) is 4.58. The van der Waals surface area contributed by atoms with Gasteiger partial charge in [-0.3, -0.25) is 9.69 Å². The number of carbonyl (C=O) groups excluding carboxylic acids is 1. The highest BCUT2D eigenvalue weighted by Gasteiger charge is 2.42. The second-order valence-electron chi connectivity index (χ2n) is 8.73. The van der Waals surface area contributed by atoms with Gasteiger partial charge in [0.25, 0.3) is 5.91 Å². The summed E-state index contributed by atoms with van der Waals surface area (Å²) in [7, 11) is 0. The highest BCUT2D eigenvalue weighted by Crippen LogP contribution is 2.39. The molecule has 29 heavy (non-hydrogen) atoms. The molecular weight excluding hydrogens is 360 g/mol. The molecule has 2 saturated heterocycles. The normalized spacial score (nSPS) is 21.4. The predicted molar refractivity (Wildman–Crippen MR) is 116 cm³/mol. The molecule has 2 aliphatic rings. The van der Waals surface area contributed by atoms with Crippen LogP contribution in [0.5, 0.6) is 0 Å². The molecule has 1 N–H and O–H groups in total. The summed E-state index contributed by atoms with van der Waals surface area (Å²) in [4.78, 5) is 14.8. The molecule has 4 rings (SSSR count). The number of hydrogen-bond donors (Lipinski definition) is 1. The second-order valence-corrected chi connectivity index (χ2v) is 8.73. The zero-order valence-electron chi connectivity index (χ0n) is 17.6. The van der Waals surface area contributed by atoms with Gasteiger partial charge < -0.3 is 10.1 Å². The van der Waals surface area contributed by atoms with Crippen molar-refractivity contribution in [3.8, 4) is 0 Å². The third-order valence-electron chi connectivity index (χ3n) is 6.61. The Morgan fingerprint density at radius 3 is 2.55 bits per heavy atom. The van der Waals surface area contributed by atoms with Crippen LogP contribution in [0.3, 0.4) is 0 Å². The van der Waals surface area contributed by atoms with Crippen LogP contribution in [0, 0.1) is 13.8 Å². The number of nitrogens with one attached hydrogen (secondary N) is 1. The Bertz CT molecular complexity index is 841. The average molecular weight is 393 g/mol. The predicted octanol–water partition coefficient (Wildman–Crippen LogP) is 4.25. The first kappa shape index (κ1) is 20.1. The van der Waals surface area contributed by atoms with Crippen molar-refractivity contribution in [3.63, 3.8) is 0 Å². The number of likely N-dealkylation sites (tertiary alicyclic amines) is 1. The Morgan fingerprint density at radius 2 is 1.83 bits per heavy atom. The third kappa shape index (κ3) is 4.88. The van der Waals surface area contributed by atoms with Crippen molar-refractivity contribution in [2.45, 2.75) is 57.8 Å². The van der Waals surface area contributed by atoms with Crippen LogP contribution in [0.1, 0.15) is 52.7 Å². The van der Waals surface area contributed by atoms with Crippen LogP contribution in [0.4, 0.5) is 0 Å². The number of hydrogen-bond acceptors (Lipinski definition) is 3. The van der Waals surface area contributed by atoms with Crippen molar-refractivity contribution < 1.29 is 9.53 Å². The number of benzene rings is 2. The molecule has 0 radical (unpaired) electrons. The van der Waals surface area contributed by atoms with Gasteiger partial charge in [0.15, 0.2) is 0 Å². The zero-order valence-corrected chi connectivity index (χ0v) is 17.6. The molecule has 0 aromatic heterocycles. The van der Waals surface area contributed by atoms with Crippen LogP contribution < -0.4 is 5.32 Å². The van der Waals surface area contributed by atoms with Crippen LogP contribution in [-0.2, 0) is 11.3 Å². The molecule has 1 amide bonds. The molecule has 2 aliphatic heterocycles. The third-order valence-corrected chi connectivity index (χ3v) is 6.61. The largest absolute Gasteiger partial charge is 0.370 e. The fraction of sp³-hybridized carbons (Fsp3) is 0.480. The molecule has 1 atom stereocenters. The first-order chi connectivity index (χ1) is 14.0. The molecule has 1 spiro atoms. The van der Waals surface area contributed by atoms with Crippen molar-refractivity contribution in [1.82, 2.24) is 10.2 Å². The molecule has 2 fully saturated rings. The summed E-state index contributed by atoms with van der Waals surface area (Å²) < 4.78 is 6.47. The summed E-state index contributed by atoms with van der Waals surface area (Å²) in [6.45, 7) is 8.13. The van der Waals surface area contributed by atoms with Gasteiger partial charge in [-0.2, -0.15) is 0 Å². The van der Waals surface area contributed by atoms with Crippen molar-refractivity contribution in [1.29, 1.82) is 0 Å². The van der Waals surface area contributed by atoms with E-state index in [1.54, 1.807) is 0 Å². The molecule has 2 heterocycles. The van der Waals surface area contributed by atoms with Gasteiger partial charge in [0, 0.05) is 31.7 Å². The van der Waals surface area contributed by atoms with E-state index in [0.29, 0.717) is 12.1 Å². The number of ether oxygens (including phenoxy) is 1. The quantitative estimate of drug-likeness (QED) is 0.827. The van der Waals surface area contributed by atoms with Crippen LogP contribution >= 0.6 is 0 Å². The molecule has 4 heteroatoms. The van der Waals surface area contributed by atoms with Gasteiger partial charge in [0.2, 0.25) is 0 Å². The van der Waals surface area contributed by atoms with Crippen LogP contribution in [0.25, 0.3) is 0 Å². The highest BCUT2D eigenvalue weighted by molar-refractivity contribution is 5.94. The van der Waals surface area contributed by atoms with E-state index in [-0.39, 0.29) is 17.6 Å². The van der Waals surface area contributed by atoms with Crippen LogP contribution in [-0.4, -0.2) is 42.1 Å². The van der Waals surface area contributed by atoms with E-state index in [0.717, 1.165) is 45.3 Å². The van der Waals surface area contributed by atoms with Crippen molar-refractivity contribution >= 4 is 5.91 Å².